The molecule has 0 aliphatic rings. The van der Waals surface area contributed by atoms with Crippen molar-refractivity contribution in [3.05, 3.63) is 120 Å². The van der Waals surface area contributed by atoms with Crippen molar-refractivity contribution in [1.29, 1.82) is 0 Å². The summed E-state index contributed by atoms with van der Waals surface area (Å²) in [7, 11) is 0. The Labute approximate surface area is 223 Å². The molecule has 0 fully saturated rings. The van der Waals surface area contributed by atoms with Crippen molar-refractivity contribution in [3.8, 4) is 0 Å². The highest BCUT2D eigenvalue weighted by Crippen LogP contribution is 2.28. The molecule has 36 heavy (non-hydrogen) atoms. The minimum atomic E-state index is 0.197. The van der Waals surface area contributed by atoms with Gasteiger partial charge < -0.3 is 0 Å². The monoisotopic (exact) mass is 512 g/mol. The third-order valence-electron chi connectivity index (χ3n) is 5.26. The summed E-state index contributed by atoms with van der Waals surface area (Å²) in [6, 6.07) is 36.3. The second-order valence-electron chi connectivity index (χ2n) is 8.23. The molecule has 0 aliphatic carbocycles. The van der Waals surface area contributed by atoms with Crippen LogP contribution in [0, 0.1) is 0 Å². The highest BCUT2D eigenvalue weighted by molar-refractivity contribution is 7.99. The van der Waals surface area contributed by atoms with E-state index in [1.54, 1.807) is 23.5 Å². The van der Waals surface area contributed by atoms with Crippen molar-refractivity contribution in [2.45, 2.75) is 59.1 Å². The third kappa shape index (κ3) is 9.18. The number of benzene rings is 4. The molecule has 0 amide bonds. The summed E-state index contributed by atoms with van der Waals surface area (Å²) in [6.07, 6.45) is 2.94. The predicted molar refractivity (Wildman–Crippen MR) is 152 cm³/mol. The molecule has 4 heteroatoms. The molecule has 184 valence electrons. The van der Waals surface area contributed by atoms with Gasteiger partial charge in [-0.25, -0.2) is 0 Å². The van der Waals surface area contributed by atoms with Crippen molar-refractivity contribution < 1.29 is 9.59 Å². The van der Waals surface area contributed by atoms with Crippen molar-refractivity contribution >= 4 is 35.1 Å². The molecule has 2 nitrogen and oxygen atoms in total. The summed E-state index contributed by atoms with van der Waals surface area (Å²) in [6.45, 7) is 4.02. The van der Waals surface area contributed by atoms with Gasteiger partial charge in [0.05, 0.1) is 0 Å². The Balaban J connectivity index is 0.000000233. The first-order chi connectivity index (χ1) is 17.6. The van der Waals surface area contributed by atoms with Gasteiger partial charge in [0, 0.05) is 43.6 Å². The Morgan fingerprint density at radius 1 is 0.472 bits per heavy atom. The Kier molecular flexibility index (Phi) is 11.6. The van der Waals surface area contributed by atoms with Gasteiger partial charge in [-0.2, -0.15) is 0 Å². The molecule has 0 saturated heterocycles. The number of rotatable bonds is 10. The molecular weight excluding hydrogens is 480 g/mol. The first-order valence-corrected chi connectivity index (χ1v) is 13.9. The average molecular weight is 513 g/mol. The number of Topliss-reactive ketones (excluding diaryl/α,β-unsaturated/α-hetero) is 2. The summed E-state index contributed by atoms with van der Waals surface area (Å²) >= 11 is 3.42. The van der Waals surface area contributed by atoms with Gasteiger partial charge in [0.25, 0.3) is 0 Å². The van der Waals surface area contributed by atoms with Gasteiger partial charge in [0.2, 0.25) is 0 Å². The van der Waals surface area contributed by atoms with Gasteiger partial charge in [-0.3, -0.25) is 9.59 Å². The Bertz CT molecular complexity index is 1110. The molecule has 0 unspecified atom stereocenters. The van der Waals surface area contributed by atoms with E-state index in [0.717, 1.165) is 33.8 Å². The number of carbonyl (C=O) groups is 2. The van der Waals surface area contributed by atoms with Gasteiger partial charge in [0.15, 0.2) is 11.6 Å². The van der Waals surface area contributed by atoms with Crippen LogP contribution in [0.3, 0.4) is 0 Å². The van der Waals surface area contributed by atoms with E-state index >= 15 is 0 Å². The zero-order valence-corrected chi connectivity index (χ0v) is 22.5. The average Bonchev–Trinajstić information content (AvgIpc) is 2.91. The SMILES string of the molecule is CCCC(=O)c1ccc(Sc2ccc(C(=O)CCC)cc2)cc1.c1ccc(Sc2ccccc2)cc1. The van der Waals surface area contributed by atoms with Crippen LogP contribution in [0.5, 0.6) is 0 Å². The Hall–Kier alpha value is -3.08. The van der Waals surface area contributed by atoms with E-state index in [9.17, 15) is 9.59 Å². The molecule has 0 saturated carbocycles. The maximum absolute atomic E-state index is 11.8. The van der Waals surface area contributed by atoms with E-state index < -0.39 is 0 Å². The van der Waals surface area contributed by atoms with Crippen LogP contribution >= 0.6 is 23.5 Å². The molecule has 0 heterocycles. The van der Waals surface area contributed by atoms with Crippen LogP contribution in [0.2, 0.25) is 0 Å². The van der Waals surface area contributed by atoms with Gasteiger partial charge in [-0.1, -0.05) is 98.0 Å². The first kappa shape index (κ1) is 27.5. The lowest BCUT2D eigenvalue weighted by Crippen LogP contribution is -1.97. The fraction of sp³-hybridized carbons (Fsp3) is 0.188. The molecule has 0 radical (unpaired) electrons. The summed E-state index contributed by atoms with van der Waals surface area (Å²) in [5.41, 5.74) is 1.55. The fourth-order valence-electron chi connectivity index (χ4n) is 3.41. The maximum atomic E-state index is 11.8. The van der Waals surface area contributed by atoms with Gasteiger partial charge in [-0.15, -0.1) is 0 Å². The second kappa shape index (κ2) is 15.1. The second-order valence-corrected chi connectivity index (χ2v) is 10.5. The smallest absolute Gasteiger partial charge is 0.162 e. The number of carbonyl (C=O) groups excluding carboxylic acids is 2. The summed E-state index contributed by atoms with van der Waals surface area (Å²) < 4.78 is 0. The van der Waals surface area contributed by atoms with Gasteiger partial charge in [0.1, 0.15) is 0 Å². The molecule has 0 aromatic heterocycles. The molecule has 0 aliphatic heterocycles. The maximum Gasteiger partial charge on any atom is 0.162 e. The van der Waals surface area contributed by atoms with Crippen LogP contribution in [0.25, 0.3) is 0 Å². The van der Waals surface area contributed by atoms with Crippen LogP contribution in [-0.4, -0.2) is 11.6 Å². The zero-order chi connectivity index (χ0) is 25.6. The van der Waals surface area contributed by atoms with Gasteiger partial charge in [-0.05, 0) is 61.4 Å². The number of hydrogen-bond donors (Lipinski definition) is 0. The highest BCUT2D eigenvalue weighted by Gasteiger charge is 2.07. The van der Waals surface area contributed by atoms with Crippen LogP contribution in [0.1, 0.15) is 60.2 Å². The normalized spacial score (nSPS) is 10.3. The molecule has 0 bridgehead atoms. The molecule has 4 aromatic rings. The van der Waals surface area contributed by atoms with E-state index in [1.165, 1.54) is 9.79 Å². The van der Waals surface area contributed by atoms with Crippen molar-refractivity contribution in [3.63, 3.8) is 0 Å². The van der Waals surface area contributed by atoms with Crippen molar-refractivity contribution in [1.82, 2.24) is 0 Å². The lowest BCUT2D eigenvalue weighted by Gasteiger charge is -2.05. The number of hydrogen-bond acceptors (Lipinski definition) is 4. The molecule has 4 aromatic carbocycles. The third-order valence-corrected chi connectivity index (χ3v) is 7.30. The molecule has 0 spiro atoms. The van der Waals surface area contributed by atoms with E-state index in [4.69, 9.17) is 0 Å². The zero-order valence-electron chi connectivity index (χ0n) is 20.9. The lowest BCUT2D eigenvalue weighted by atomic mass is 10.1. The minimum absolute atomic E-state index is 0.197. The van der Waals surface area contributed by atoms with E-state index in [1.807, 2.05) is 74.5 Å². The van der Waals surface area contributed by atoms with Crippen LogP contribution < -0.4 is 0 Å². The lowest BCUT2D eigenvalue weighted by molar-refractivity contribution is 0.0973. The van der Waals surface area contributed by atoms with Crippen LogP contribution in [0.15, 0.2) is 129 Å². The van der Waals surface area contributed by atoms with Crippen molar-refractivity contribution in [2.75, 3.05) is 0 Å². The summed E-state index contributed by atoms with van der Waals surface area (Å²) in [5, 5.41) is 0. The van der Waals surface area contributed by atoms with Crippen LogP contribution in [0.4, 0.5) is 0 Å². The predicted octanol–water partition coefficient (Wildman–Crippen LogP) is 9.64. The summed E-state index contributed by atoms with van der Waals surface area (Å²) in [5.74, 6) is 0.394. The van der Waals surface area contributed by atoms with E-state index in [2.05, 4.69) is 48.5 Å². The largest absolute Gasteiger partial charge is 0.294 e. The Morgan fingerprint density at radius 2 is 0.778 bits per heavy atom. The standard InChI is InChI=1S/C20H22O2S.C12H10S/c1-3-5-19(21)15-7-11-17(12-8-15)23-18-13-9-16(10-14-18)20(22)6-4-2;1-3-7-11(8-4-1)13-12-9-5-2-6-10-12/h7-14H,3-6H2,1-2H3;1-10H. The van der Waals surface area contributed by atoms with E-state index in [-0.39, 0.29) is 11.6 Å². The quantitative estimate of drug-likeness (QED) is 0.198. The topological polar surface area (TPSA) is 34.1 Å². The Morgan fingerprint density at radius 3 is 1.08 bits per heavy atom. The molecular formula is C32H32O2S2. The van der Waals surface area contributed by atoms with Gasteiger partial charge >= 0.3 is 0 Å². The van der Waals surface area contributed by atoms with Crippen LogP contribution in [-0.2, 0) is 0 Å². The highest BCUT2D eigenvalue weighted by atomic mass is 32.2. The fourth-order valence-corrected chi connectivity index (χ4v) is 5.08. The molecule has 4 rings (SSSR count). The number of ketones is 2. The van der Waals surface area contributed by atoms with E-state index in [0.29, 0.717) is 12.8 Å². The molecule has 0 atom stereocenters. The first-order valence-electron chi connectivity index (χ1n) is 12.3. The molecule has 0 N–H and O–H groups in total. The van der Waals surface area contributed by atoms with Crippen molar-refractivity contribution in [2.24, 2.45) is 0 Å². The summed E-state index contributed by atoms with van der Waals surface area (Å²) in [4.78, 5) is 28.4. The minimum Gasteiger partial charge on any atom is -0.294 e.